The van der Waals surface area contributed by atoms with Crippen LogP contribution in [-0.2, 0) is 4.74 Å². The second-order valence-corrected chi connectivity index (χ2v) is 6.99. The summed E-state index contributed by atoms with van der Waals surface area (Å²) >= 11 is 1.27. The van der Waals surface area contributed by atoms with Crippen LogP contribution in [0.5, 0.6) is 0 Å². The van der Waals surface area contributed by atoms with E-state index in [9.17, 15) is 10.1 Å². The number of aryl methyl sites for hydroxylation is 1. The molecule has 2 aromatic rings. The highest BCUT2D eigenvalue weighted by atomic mass is 32.2. The molecule has 9 heteroatoms. The van der Waals surface area contributed by atoms with Crippen molar-refractivity contribution in [1.82, 2.24) is 14.9 Å². The molecule has 1 aromatic carbocycles. The number of morpholine rings is 1. The van der Waals surface area contributed by atoms with E-state index in [0.29, 0.717) is 11.6 Å². The van der Waals surface area contributed by atoms with Crippen LogP contribution in [0.2, 0.25) is 0 Å². The van der Waals surface area contributed by atoms with Gasteiger partial charge in [0.1, 0.15) is 6.33 Å². The lowest BCUT2D eigenvalue weighted by Gasteiger charge is -2.26. The van der Waals surface area contributed by atoms with Crippen molar-refractivity contribution >= 4 is 23.3 Å². The minimum atomic E-state index is -0.423. The normalized spacial score (nSPS) is 15.0. The van der Waals surface area contributed by atoms with Gasteiger partial charge in [-0.3, -0.25) is 15.0 Å². The SMILES string of the molecule is Cc1ccc(Sc2ncnc(NCCN3CCOCC3)c2[N+](=O)[O-])cc1. The smallest absolute Gasteiger partial charge is 0.343 e. The van der Waals surface area contributed by atoms with Gasteiger partial charge in [-0.2, -0.15) is 0 Å². The molecule has 1 fully saturated rings. The van der Waals surface area contributed by atoms with E-state index in [1.807, 2.05) is 31.2 Å². The van der Waals surface area contributed by atoms with Crippen LogP contribution in [-0.4, -0.2) is 59.2 Å². The summed E-state index contributed by atoms with van der Waals surface area (Å²) in [7, 11) is 0. The summed E-state index contributed by atoms with van der Waals surface area (Å²) in [6.45, 7) is 6.57. The van der Waals surface area contributed by atoms with E-state index in [1.165, 1.54) is 18.1 Å². The van der Waals surface area contributed by atoms with E-state index >= 15 is 0 Å². The van der Waals surface area contributed by atoms with Gasteiger partial charge in [0.2, 0.25) is 5.82 Å². The first-order chi connectivity index (χ1) is 12.6. The van der Waals surface area contributed by atoms with Crippen LogP contribution < -0.4 is 5.32 Å². The third-order valence-electron chi connectivity index (χ3n) is 4.03. The molecule has 1 aliphatic heterocycles. The second kappa shape index (κ2) is 8.93. The predicted octanol–water partition coefficient (Wildman–Crippen LogP) is 2.59. The zero-order valence-corrected chi connectivity index (χ0v) is 15.4. The number of nitrogens with one attached hydrogen (secondary N) is 1. The molecule has 0 aliphatic carbocycles. The van der Waals surface area contributed by atoms with Crippen molar-refractivity contribution in [3.05, 3.63) is 46.3 Å². The quantitative estimate of drug-likeness (QED) is 0.448. The summed E-state index contributed by atoms with van der Waals surface area (Å²) < 4.78 is 5.32. The molecule has 0 atom stereocenters. The van der Waals surface area contributed by atoms with Crippen LogP contribution in [0.15, 0.2) is 40.5 Å². The summed E-state index contributed by atoms with van der Waals surface area (Å²) in [4.78, 5) is 22.5. The molecule has 3 rings (SSSR count). The van der Waals surface area contributed by atoms with Crippen molar-refractivity contribution < 1.29 is 9.66 Å². The fraction of sp³-hybridized carbons (Fsp3) is 0.412. The lowest BCUT2D eigenvalue weighted by molar-refractivity contribution is -0.387. The molecule has 1 saturated heterocycles. The Balaban J connectivity index is 1.70. The van der Waals surface area contributed by atoms with E-state index in [1.54, 1.807) is 0 Å². The molecule has 2 heterocycles. The van der Waals surface area contributed by atoms with Crippen LogP contribution in [0.25, 0.3) is 0 Å². The van der Waals surface area contributed by atoms with Gasteiger partial charge in [0, 0.05) is 31.1 Å². The Labute approximate surface area is 156 Å². The molecule has 1 N–H and O–H groups in total. The number of nitro groups is 1. The van der Waals surface area contributed by atoms with Crippen LogP contribution in [0, 0.1) is 17.0 Å². The van der Waals surface area contributed by atoms with E-state index in [-0.39, 0.29) is 11.5 Å². The zero-order chi connectivity index (χ0) is 18.4. The standard InChI is InChI=1S/C17H21N5O3S/c1-13-2-4-14(5-3-13)26-17-15(22(23)24)16(19-12-20-17)18-6-7-21-8-10-25-11-9-21/h2-5,12H,6-11H2,1H3,(H,18,19,20). The van der Waals surface area contributed by atoms with Crippen LogP contribution in [0.1, 0.15) is 5.56 Å². The molecule has 0 spiro atoms. The van der Waals surface area contributed by atoms with Crippen molar-refractivity contribution in [1.29, 1.82) is 0 Å². The van der Waals surface area contributed by atoms with Crippen LogP contribution in [0.4, 0.5) is 11.5 Å². The number of hydrogen-bond donors (Lipinski definition) is 1. The van der Waals surface area contributed by atoms with E-state index < -0.39 is 4.92 Å². The summed E-state index contributed by atoms with van der Waals surface area (Å²) in [5.41, 5.74) is 1.05. The Morgan fingerprint density at radius 1 is 1.27 bits per heavy atom. The number of nitrogens with zero attached hydrogens (tertiary/aromatic N) is 4. The average Bonchev–Trinajstić information content (AvgIpc) is 2.64. The third kappa shape index (κ3) is 4.90. The van der Waals surface area contributed by atoms with E-state index in [2.05, 4.69) is 20.2 Å². The summed E-state index contributed by atoms with van der Waals surface area (Å²) in [5, 5.41) is 15.0. The Morgan fingerprint density at radius 3 is 2.69 bits per heavy atom. The lowest BCUT2D eigenvalue weighted by Crippen LogP contribution is -2.39. The van der Waals surface area contributed by atoms with Crippen molar-refractivity contribution in [3.8, 4) is 0 Å². The fourth-order valence-corrected chi connectivity index (χ4v) is 3.47. The highest BCUT2D eigenvalue weighted by Gasteiger charge is 2.23. The average molecular weight is 375 g/mol. The lowest BCUT2D eigenvalue weighted by atomic mass is 10.2. The number of rotatable bonds is 7. The molecule has 138 valence electrons. The maximum Gasteiger partial charge on any atom is 0.343 e. The van der Waals surface area contributed by atoms with Gasteiger partial charge in [-0.1, -0.05) is 29.5 Å². The molecular formula is C17H21N5O3S. The maximum atomic E-state index is 11.6. The number of anilines is 1. The van der Waals surface area contributed by atoms with Gasteiger partial charge in [-0.25, -0.2) is 9.97 Å². The molecule has 0 saturated carbocycles. The Morgan fingerprint density at radius 2 is 2.00 bits per heavy atom. The van der Waals surface area contributed by atoms with Gasteiger partial charge in [-0.05, 0) is 19.1 Å². The first-order valence-corrected chi connectivity index (χ1v) is 9.23. The molecule has 0 amide bonds. The highest BCUT2D eigenvalue weighted by Crippen LogP contribution is 2.36. The molecule has 0 bridgehead atoms. The zero-order valence-electron chi connectivity index (χ0n) is 14.6. The minimum Gasteiger partial charge on any atom is -0.379 e. The molecular weight excluding hydrogens is 354 g/mol. The Kier molecular flexibility index (Phi) is 6.37. The molecule has 0 radical (unpaired) electrons. The fourth-order valence-electron chi connectivity index (χ4n) is 2.61. The summed E-state index contributed by atoms with van der Waals surface area (Å²) in [5.74, 6) is 0.257. The van der Waals surface area contributed by atoms with Gasteiger partial charge in [0.25, 0.3) is 0 Å². The molecule has 1 aromatic heterocycles. The Hall–Kier alpha value is -2.23. The highest BCUT2D eigenvalue weighted by molar-refractivity contribution is 7.99. The van der Waals surface area contributed by atoms with Crippen molar-refractivity contribution in [2.45, 2.75) is 16.8 Å². The maximum absolute atomic E-state index is 11.6. The van der Waals surface area contributed by atoms with Gasteiger partial charge < -0.3 is 10.1 Å². The first kappa shape index (κ1) is 18.6. The van der Waals surface area contributed by atoms with Crippen LogP contribution in [0.3, 0.4) is 0 Å². The molecule has 1 aliphatic rings. The largest absolute Gasteiger partial charge is 0.379 e. The van der Waals surface area contributed by atoms with Crippen molar-refractivity contribution in [2.75, 3.05) is 44.7 Å². The second-order valence-electron chi connectivity index (χ2n) is 5.93. The van der Waals surface area contributed by atoms with E-state index in [4.69, 9.17) is 4.74 Å². The third-order valence-corrected chi connectivity index (χ3v) is 5.03. The van der Waals surface area contributed by atoms with Gasteiger partial charge in [0.15, 0.2) is 5.03 Å². The predicted molar refractivity (Wildman–Crippen MR) is 99.7 cm³/mol. The summed E-state index contributed by atoms with van der Waals surface area (Å²) in [6.07, 6.45) is 1.36. The van der Waals surface area contributed by atoms with E-state index in [0.717, 1.165) is 43.3 Å². The number of hydrogen-bond acceptors (Lipinski definition) is 8. The monoisotopic (exact) mass is 375 g/mol. The van der Waals surface area contributed by atoms with Crippen LogP contribution >= 0.6 is 11.8 Å². The molecule has 0 unspecified atom stereocenters. The minimum absolute atomic E-state index is 0.0833. The van der Waals surface area contributed by atoms with Gasteiger partial charge in [-0.15, -0.1) is 0 Å². The van der Waals surface area contributed by atoms with Crippen molar-refractivity contribution in [2.24, 2.45) is 0 Å². The van der Waals surface area contributed by atoms with Crippen molar-refractivity contribution in [3.63, 3.8) is 0 Å². The Bertz CT molecular complexity index is 751. The topological polar surface area (TPSA) is 93.4 Å². The number of ether oxygens (including phenoxy) is 1. The molecule has 26 heavy (non-hydrogen) atoms. The number of benzene rings is 1. The number of aromatic nitrogens is 2. The summed E-state index contributed by atoms with van der Waals surface area (Å²) in [6, 6.07) is 7.79. The van der Waals surface area contributed by atoms with Gasteiger partial charge >= 0.3 is 5.69 Å². The first-order valence-electron chi connectivity index (χ1n) is 8.41. The molecule has 8 nitrogen and oxygen atoms in total. The van der Waals surface area contributed by atoms with Gasteiger partial charge in [0.05, 0.1) is 18.1 Å².